The van der Waals surface area contributed by atoms with E-state index in [-0.39, 0.29) is 18.4 Å². The van der Waals surface area contributed by atoms with E-state index in [2.05, 4.69) is 10.5 Å². The number of carboxylic acids is 1. The second-order valence-electron chi connectivity index (χ2n) is 6.11. The average Bonchev–Trinajstić information content (AvgIpc) is 3.01. The Morgan fingerprint density at radius 2 is 2.04 bits per heavy atom. The summed E-state index contributed by atoms with van der Waals surface area (Å²) in [5, 5.41) is 15.8. The van der Waals surface area contributed by atoms with Crippen LogP contribution in [0.2, 0.25) is 0 Å². The number of carbonyl (C=O) groups excluding carboxylic acids is 1. The first-order valence-corrected chi connectivity index (χ1v) is 7.76. The summed E-state index contributed by atoms with van der Waals surface area (Å²) >= 11 is 0. The zero-order valence-corrected chi connectivity index (χ0v) is 13.4. The van der Waals surface area contributed by atoms with Crippen molar-refractivity contribution in [2.75, 3.05) is 6.54 Å². The fraction of sp³-hybridized carbons (Fsp3) is 0.471. The molecular weight excluding hydrogens is 296 g/mol. The molecule has 23 heavy (non-hydrogen) atoms. The number of rotatable bonds is 7. The van der Waals surface area contributed by atoms with Crippen LogP contribution in [0.3, 0.4) is 0 Å². The molecule has 1 aliphatic rings. The summed E-state index contributed by atoms with van der Waals surface area (Å²) in [6.07, 6.45) is 0.212. The highest BCUT2D eigenvalue weighted by Crippen LogP contribution is 2.17. The average molecular weight is 318 g/mol. The number of nitrogens with zero attached hydrogens (tertiary/aromatic N) is 1. The topological polar surface area (TPSA) is 88.0 Å². The Balaban J connectivity index is 1.85. The van der Waals surface area contributed by atoms with Gasteiger partial charge >= 0.3 is 5.97 Å². The van der Waals surface area contributed by atoms with Crippen LogP contribution in [0.5, 0.6) is 0 Å². The normalized spacial score (nSPS) is 18.2. The number of oxime groups is 1. The molecule has 1 aliphatic heterocycles. The molecule has 1 aromatic rings. The van der Waals surface area contributed by atoms with Crippen molar-refractivity contribution in [3.8, 4) is 0 Å². The van der Waals surface area contributed by atoms with E-state index in [9.17, 15) is 14.7 Å². The number of carboxylic acid groups (broad SMARTS) is 1. The Bertz CT molecular complexity index is 584. The van der Waals surface area contributed by atoms with Crippen LogP contribution in [0.15, 0.2) is 35.5 Å². The monoisotopic (exact) mass is 318 g/mol. The SMILES string of the molecule is CC(C)CC(CNC(=O)C1CC(c2ccccc2)=NO1)C(=O)O. The van der Waals surface area contributed by atoms with Crippen molar-refractivity contribution < 1.29 is 19.5 Å². The van der Waals surface area contributed by atoms with Gasteiger partial charge in [0.05, 0.1) is 11.6 Å². The van der Waals surface area contributed by atoms with Gasteiger partial charge in [0.15, 0.2) is 0 Å². The molecule has 0 saturated heterocycles. The van der Waals surface area contributed by atoms with E-state index in [1.807, 2.05) is 44.2 Å². The van der Waals surface area contributed by atoms with Gasteiger partial charge in [0.1, 0.15) is 0 Å². The highest BCUT2D eigenvalue weighted by atomic mass is 16.6. The van der Waals surface area contributed by atoms with Gasteiger partial charge in [-0.15, -0.1) is 0 Å². The molecule has 1 amide bonds. The van der Waals surface area contributed by atoms with Gasteiger partial charge in [-0.05, 0) is 17.9 Å². The lowest BCUT2D eigenvalue weighted by molar-refractivity contribution is -0.142. The number of hydrogen-bond acceptors (Lipinski definition) is 4. The maximum atomic E-state index is 12.1. The van der Waals surface area contributed by atoms with Gasteiger partial charge in [-0.25, -0.2) is 0 Å². The molecule has 6 nitrogen and oxygen atoms in total. The van der Waals surface area contributed by atoms with Gasteiger partial charge in [-0.3, -0.25) is 9.59 Å². The maximum Gasteiger partial charge on any atom is 0.308 e. The molecule has 0 radical (unpaired) electrons. The fourth-order valence-electron chi connectivity index (χ4n) is 2.50. The molecule has 2 N–H and O–H groups in total. The number of amides is 1. The molecule has 0 saturated carbocycles. The van der Waals surface area contributed by atoms with E-state index in [1.165, 1.54) is 0 Å². The molecule has 0 spiro atoms. The summed E-state index contributed by atoms with van der Waals surface area (Å²) in [6.45, 7) is 4.02. The minimum atomic E-state index is -0.896. The molecule has 1 aromatic carbocycles. The third-order valence-corrected chi connectivity index (χ3v) is 3.70. The largest absolute Gasteiger partial charge is 0.481 e. The van der Waals surface area contributed by atoms with Crippen molar-refractivity contribution in [1.29, 1.82) is 0 Å². The quantitative estimate of drug-likeness (QED) is 0.805. The van der Waals surface area contributed by atoms with Crippen molar-refractivity contribution >= 4 is 17.6 Å². The van der Waals surface area contributed by atoms with Crippen molar-refractivity contribution in [3.63, 3.8) is 0 Å². The van der Waals surface area contributed by atoms with Crippen LogP contribution >= 0.6 is 0 Å². The van der Waals surface area contributed by atoms with E-state index >= 15 is 0 Å². The molecular formula is C17H22N2O4. The van der Waals surface area contributed by atoms with Crippen LogP contribution in [0.1, 0.15) is 32.3 Å². The predicted octanol–water partition coefficient (Wildman–Crippen LogP) is 2.04. The molecule has 0 bridgehead atoms. The van der Waals surface area contributed by atoms with Crippen LogP contribution < -0.4 is 5.32 Å². The standard InChI is InChI=1S/C17H22N2O4/c1-11(2)8-13(17(21)22)10-18-16(20)15-9-14(19-23-15)12-6-4-3-5-7-12/h3-7,11,13,15H,8-10H2,1-2H3,(H,18,20)(H,21,22). The zero-order valence-electron chi connectivity index (χ0n) is 13.4. The fourth-order valence-corrected chi connectivity index (χ4v) is 2.50. The van der Waals surface area contributed by atoms with Crippen molar-refractivity contribution in [1.82, 2.24) is 5.32 Å². The van der Waals surface area contributed by atoms with E-state index in [0.29, 0.717) is 12.8 Å². The lowest BCUT2D eigenvalue weighted by Gasteiger charge is -2.16. The first kappa shape index (κ1) is 17.0. The van der Waals surface area contributed by atoms with E-state index < -0.39 is 18.0 Å². The van der Waals surface area contributed by atoms with Gasteiger partial charge < -0.3 is 15.3 Å². The summed E-state index contributed by atoms with van der Waals surface area (Å²) in [4.78, 5) is 28.5. The van der Waals surface area contributed by atoms with E-state index in [0.717, 1.165) is 11.3 Å². The summed E-state index contributed by atoms with van der Waals surface area (Å²) in [7, 11) is 0. The van der Waals surface area contributed by atoms with E-state index in [1.54, 1.807) is 0 Å². The number of aliphatic carboxylic acids is 1. The first-order chi connectivity index (χ1) is 11.0. The number of hydrogen-bond donors (Lipinski definition) is 2. The minimum absolute atomic E-state index is 0.104. The van der Waals surface area contributed by atoms with Gasteiger partial charge in [0, 0.05) is 13.0 Å². The van der Waals surface area contributed by atoms with Crippen molar-refractivity contribution in [2.45, 2.75) is 32.8 Å². The molecule has 0 aromatic heterocycles. The molecule has 2 unspecified atom stereocenters. The summed E-state index contributed by atoms with van der Waals surface area (Å²) < 4.78 is 0. The number of carbonyl (C=O) groups is 2. The Kier molecular flexibility index (Phi) is 5.73. The Morgan fingerprint density at radius 1 is 1.35 bits per heavy atom. The third-order valence-electron chi connectivity index (χ3n) is 3.70. The minimum Gasteiger partial charge on any atom is -0.481 e. The Labute approximate surface area is 135 Å². The maximum absolute atomic E-state index is 12.1. The zero-order chi connectivity index (χ0) is 16.8. The van der Waals surface area contributed by atoms with Crippen molar-refractivity contribution in [2.24, 2.45) is 17.0 Å². The Morgan fingerprint density at radius 3 is 2.65 bits per heavy atom. The highest BCUT2D eigenvalue weighted by Gasteiger charge is 2.30. The molecule has 2 atom stereocenters. The third kappa shape index (κ3) is 4.81. The van der Waals surface area contributed by atoms with Crippen LogP contribution in [0, 0.1) is 11.8 Å². The van der Waals surface area contributed by atoms with Crippen LogP contribution in [-0.4, -0.2) is 35.3 Å². The molecule has 0 aliphatic carbocycles. The number of benzene rings is 1. The second kappa shape index (κ2) is 7.76. The molecule has 124 valence electrons. The van der Waals surface area contributed by atoms with Gasteiger partial charge in [0.25, 0.3) is 5.91 Å². The highest BCUT2D eigenvalue weighted by molar-refractivity contribution is 6.04. The molecule has 2 rings (SSSR count). The van der Waals surface area contributed by atoms with E-state index in [4.69, 9.17) is 4.84 Å². The second-order valence-corrected chi connectivity index (χ2v) is 6.11. The van der Waals surface area contributed by atoms with Crippen LogP contribution in [-0.2, 0) is 14.4 Å². The lowest BCUT2D eigenvalue weighted by atomic mass is 9.97. The smallest absolute Gasteiger partial charge is 0.308 e. The molecule has 0 fully saturated rings. The molecule has 6 heteroatoms. The van der Waals surface area contributed by atoms with Gasteiger partial charge in [-0.2, -0.15) is 0 Å². The van der Waals surface area contributed by atoms with Gasteiger partial charge in [0.2, 0.25) is 6.10 Å². The molecule has 1 heterocycles. The van der Waals surface area contributed by atoms with Crippen LogP contribution in [0.4, 0.5) is 0 Å². The summed E-state index contributed by atoms with van der Waals surface area (Å²) in [6, 6.07) is 9.52. The van der Waals surface area contributed by atoms with Crippen LogP contribution in [0.25, 0.3) is 0 Å². The predicted molar refractivity (Wildman–Crippen MR) is 86.1 cm³/mol. The van der Waals surface area contributed by atoms with Crippen molar-refractivity contribution in [3.05, 3.63) is 35.9 Å². The number of nitrogens with one attached hydrogen (secondary N) is 1. The van der Waals surface area contributed by atoms with Gasteiger partial charge in [-0.1, -0.05) is 49.3 Å². The summed E-state index contributed by atoms with van der Waals surface area (Å²) in [5.74, 6) is -1.55. The lowest BCUT2D eigenvalue weighted by Crippen LogP contribution is -2.39. The first-order valence-electron chi connectivity index (χ1n) is 7.76. The Hall–Kier alpha value is -2.37. The summed E-state index contributed by atoms with van der Waals surface area (Å²) in [5.41, 5.74) is 1.65.